The molecule has 80 heavy (non-hydrogen) atoms. The lowest BCUT2D eigenvalue weighted by Gasteiger charge is -2.19. The van der Waals surface area contributed by atoms with E-state index in [-0.39, 0.29) is 0 Å². The Morgan fingerprint density at radius 3 is 1.12 bits per heavy atom. The smallest absolute Gasteiger partial charge is 0.143 e. The molecule has 17 rings (SSSR count). The normalized spacial score (nSPS) is 12.0. The summed E-state index contributed by atoms with van der Waals surface area (Å²) < 4.78 is 13.6. The molecule has 0 bridgehead atoms. The van der Waals surface area contributed by atoms with Crippen LogP contribution in [-0.2, 0) is 0 Å². The van der Waals surface area contributed by atoms with Crippen molar-refractivity contribution in [1.29, 1.82) is 0 Å². The lowest BCUT2D eigenvalue weighted by Crippen LogP contribution is -1.92. The Morgan fingerprint density at radius 2 is 0.525 bits per heavy atom. The van der Waals surface area contributed by atoms with Gasteiger partial charge in [0.25, 0.3) is 0 Å². The Morgan fingerprint density at radius 1 is 0.175 bits per heavy atom. The van der Waals surface area contributed by atoms with Gasteiger partial charge in [0.15, 0.2) is 0 Å². The first-order valence-corrected chi connectivity index (χ1v) is 27.6. The fraction of sp³-hybridized carbons (Fsp3) is 0. The quantitative estimate of drug-likeness (QED) is 0.155. The van der Waals surface area contributed by atoms with E-state index in [1.54, 1.807) is 0 Å². The summed E-state index contributed by atoms with van der Waals surface area (Å²) in [7, 11) is 0. The van der Waals surface area contributed by atoms with Gasteiger partial charge in [0, 0.05) is 38.2 Å². The molecule has 15 aromatic carbocycles. The van der Waals surface area contributed by atoms with Crippen molar-refractivity contribution in [2.75, 3.05) is 0 Å². The molecule has 0 aliphatic heterocycles. The van der Waals surface area contributed by atoms with Crippen LogP contribution in [0.5, 0.6) is 0 Å². The lowest BCUT2D eigenvalue weighted by molar-refractivity contribution is 0.669. The molecular formula is C78H46O2. The van der Waals surface area contributed by atoms with Gasteiger partial charge < -0.3 is 8.83 Å². The summed E-state index contributed by atoms with van der Waals surface area (Å²) in [6.45, 7) is 0. The van der Waals surface area contributed by atoms with Gasteiger partial charge in [-0.2, -0.15) is 0 Å². The van der Waals surface area contributed by atoms with E-state index in [1.165, 1.54) is 104 Å². The first-order chi connectivity index (χ1) is 39.7. The zero-order chi connectivity index (χ0) is 52.4. The predicted octanol–water partition coefficient (Wildman–Crippen LogP) is 22.4. The van der Waals surface area contributed by atoms with Crippen LogP contribution in [0.25, 0.3) is 175 Å². The SMILES string of the molecule is c1ccc2c(-c3c4ccccc4c(-c4ccc(-c5ccc6oc7c(-c8cccc9c(-c%10c%11ccccc%11c(-c%11cccc%12c%11oc%11ccccc%11%12)c%11ccccc%10%11)cccc89)cccc7c6c5)cc4)c4ccccc34)cccc2c1. The van der Waals surface area contributed by atoms with Crippen molar-refractivity contribution < 1.29 is 8.83 Å². The van der Waals surface area contributed by atoms with E-state index in [4.69, 9.17) is 8.83 Å². The fourth-order valence-electron chi connectivity index (χ4n) is 13.6. The van der Waals surface area contributed by atoms with Gasteiger partial charge in [0.1, 0.15) is 22.3 Å². The summed E-state index contributed by atoms with van der Waals surface area (Å²) in [6.07, 6.45) is 0. The number of fused-ring (bicyclic) bond motifs is 12. The number of furan rings is 2. The third-order valence-electron chi connectivity index (χ3n) is 17.1. The van der Waals surface area contributed by atoms with Crippen LogP contribution in [0, 0.1) is 0 Å². The highest BCUT2D eigenvalue weighted by Gasteiger charge is 2.23. The Hall–Kier alpha value is -10.5. The van der Waals surface area contributed by atoms with Gasteiger partial charge in [-0.15, -0.1) is 0 Å². The van der Waals surface area contributed by atoms with Gasteiger partial charge in [0.05, 0.1) is 0 Å². The Kier molecular flexibility index (Phi) is 9.75. The minimum Gasteiger partial charge on any atom is -0.455 e. The van der Waals surface area contributed by atoms with Gasteiger partial charge in [0.2, 0.25) is 0 Å². The predicted molar refractivity (Wildman–Crippen MR) is 339 cm³/mol. The molecule has 0 radical (unpaired) electrons. The summed E-state index contributed by atoms with van der Waals surface area (Å²) in [5, 5.41) is 19.1. The van der Waals surface area contributed by atoms with Crippen molar-refractivity contribution >= 4 is 109 Å². The molecule has 2 nitrogen and oxygen atoms in total. The molecule has 0 spiro atoms. The van der Waals surface area contributed by atoms with Crippen LogP contribution >= 0.6 is 0 Å². The van der Waals surface area contributed by atoms with Crippen molar-refractivity contribution in [3.63, 3.8) is 0 Å². The number of hydrogen-bond acceptors (Lipinski definition) is 2. The molecule has 0 saturated heterocycles. The van der Waals surface area contributed by atoms with Crippen LogP contribution in [0.1, 0.15) is 0 Å². The van der Waals surface area contributed by atoms with E-state index in [0.29, 0.717) is 0 Å². The zero-order valence-corrected chi connectivity index (χ0v) is 43.4. The maximum Gasteiger partial charge on any atom is 0.143 e. The minimum atomic E-state index is 0.870. The van der Waals surface area contributed by atoms with Gasteiger partial charge in [-0.3, -0.25) is 0 Å². The van der Waals surface area contributed by atoms with Crippen molar-refractivity contribution in [3.8, 4) is 66.8 Å². The van der Waals surface area contributed by atoms with Crippen molar-refractivity contribution in [1.82, 2.24) is 0 Å². The average molecular weight is 1020 g/mol. The lowest BCUT2D eigenvalue weighted by atomic mass is 9.84. The highest BCUT2D eigenvalue weighted by atomic mass is 16.3. The molecule has 0 aliphatic rings. The number of para-hydroxylation sites is 3. The summed E-state index contributed by atoms with van der Waals surface area (Å²) in [6, 6.07) is 102. The monoisotopic (exact) mass is 1010 g/mol. The number of benzene rings is 15. The standard InChI is InChI=1S/C78H46O2/c1-2-20-51-48(18-1)19-13-33-56(51)74-60-24-5-3-22-58(60)73(59-23-4-6-25-61(59)74)49-42-40-47(41-43-49)50-44-45-72-70(46-50)68-37-16-35-66(77(68)80-72)54-32-14-31-53-52(54)30-15-34-57(53)75-62-26-7-9-28-64(62)76(65-29-10-8-27-63(65)75)69-38-17-36-67-55-21-11-12-39-71(55)79-78(67)69/h1-46H. The maximum absolute atomic E-state index is 6.93. The third-order valence-corrected chi connectivity index (χ3v) is 17.1. The molecule has 0 saturated carbocycles. The molecule has 370 valence electrons. The van der Waals surface area contributed by atoms with Crippen molar-refractivity contribution in [2.24, 2.45) is 0 Å². The average Bonchev–Trinajstić information content (AvgIpc) is 4.19. The molecule has 2 heterocycles. The third kappa shape index (κ3) is 6.60. The molecule has 0 N–H and O–H groups in total. The van der Waals surface area contributed by atoms with E-state index in [9.17, 15) is 0 Å². The second-order valence-electron chi connectivity index (χ2n) is 21.3. The summed E-state index contributed by atoms with van der Waals surface area (Å²) in [5.41, 5.74) is 17.8. The van der Waals surface area contributed by atoms with Crippen LogP contribution in [0.4, 0.5) is 0 Å². The molecule has 2 aromatic heterocycles. The second-order valence-corrected chi connectivity index (χ2v) is 21.3. The van der Waals surface area contributed by atoms with Gasteiger partial charge in [-0.25, -0.2) is 0 Å². The van der Waals surface area contributed by atoms with E-state index in [0.717, 1.165) is 71.7 Å². The maximum atomic E-state index is 6.93. The Balaban J connectivity index is 0.773. The zero-order valence-electron chi connectivity index (χ0n) is 43.4. The van der Waals surface area contributed by atoms with Crippen LogP contribution in [-0.4, -0.2) is 0 Å². The Labute approximate surface area is 460 Å². The molecular weight excluding hydrogens is 969 g/mol. The minimum absolute atomic E-state index is 0.870. The first-order valence-electron chi connectivity index (χ1n) is 27.6. The van der Waals surface area contributed by atoms with E-state index in [1.807, 2.05) is 6.07 Å². The van der Waals surface area contributed by atoms with Gasteiger partial charge in [-0.1, -0.05) is 261 Å². The fourth-order valence-corrected chi connectivity index (χ4v) is 13.6. The van der Waals surface area contributed by atoms with E-state index >= 15 is 0 Å². The van der Waals surface area contributed by atoms with Crippen LogP contribution in [0.15, 0.2) is 288 Å². The first kappa shape index (κ1) is 44.6. The summed E-state index contributed by atoms with van der Waals surface area (Å²) >= 11 is 0. The second kappa shape index (κ2) is 17.5. The van der Waals surface area contributed by atoms with Crippen LogP contribution in [0.2, 0.25) is 0 Å². The van der Waals surface area contributed by atoms with Crippen LogP contribution in [0.3, 0.4) is 0 Å². The summed E-state index contributed by atoms with van der Waals surface area (Å²) in [5.74, 6) is 0. The largest absolute Gasteiger partial charge is 0.455 e. The van der Waals surface area contributed by atoms with Gasteiger partial charge >= 0.3 is 0 Å². The molecule has 0 atom stereocenters. The van der Waals surface area contributed by atoms with Crippen molar-refractivity contribution in [3.05, 3.63) is 279 Å². The molecule has 0 amide bonds. The highest BCUT2D eigenvalue weighted by molar-refractivity contribution is 6.27. The molecule has 0 fully saturated rings. The molecule has 0 aliphatic carbocycles. The van der Waals surface area contributed by atoms with Crippen molar-refractivity contribution in [2.45, 2.75) is 0 Å². The van der Waals surface area contributed by atoms with E-state index in [2.05, 4.69) is 273 Å². The molecule has 0 unspecified atom stereocenters. The number of rotatable bonds is 6. The summed E-state index contributed by atoms with van der Waals surface area (Å²) in [4.78, 5) is 0. The van der Waals surface area contributed by atoms with Gasteiger partial charge in [-0.05, 0) is 133 Å². The molecule has 17 aromatic rings. The molecule has 2 heteroatoms. The number of hydrogen-bond donors (Lipinski definition) is 0. The van der Waals surface area contributed by atoms with E-state index < -0.39 is 0 Å². The highest BCUT2D eigenvalue weighted by Crippen LogP contribution is 2.50. The Bertz CT molecular complexity index is 5300. The van der Waals surface area contributed by atoms with Crippen LogP contribution < -0.4 is 0 Å². The topological polar surface area (TPSA) is 26.3 Å².